The summed E-state index contributed by atoms with van der Waals surface area (Å²) in [7, 11) is 0. The molecule has 2 aromatic heterocycles. The Morgan fingerprint density at radius 2 is 2.00 bits per heavy atom. The summed E-state index contributed by atoms with van der Waals surface area (Å²) in [5.41, 5.74) is -0.849. The van der Waals surface area contributed by atoms with Crippen LogP contribution in [-0.4, -0.2) is 9.97 Å². The minimum Gasteiger partial charge on any atom is -0.217 e. The lowest BCUT2D eigenvalue weighted by molar-refractivity contribution is -0.141. The van der Waals surface area contributed by atoms with Crippen molar-refractivity contribution in [2.45, 2.75) is 6.18 Å². The zero-order valence-corrected chi connectivity index (χ0v) is 9.20. The average Bonchev–Trinajstić information content (AvgIpc) is 2.68. The molecule has 2 rings (SSSR count). The van der Waals surface area contributed by atoms with Crippen LogP contribution in [0, 0.1) is 0 Å². The SMILES string of the molecule is FC(F)(F)c1cc(-c2cccs2)nc(Cl)n1. The lowest BCUT2D eigenvalue weighted by atomic mass is 10.3. The molecular weight excluding hydrogens is 261 g/mol. The molecule has 0 unspecified atom stereocenters. The van der Waals surface area contributed by atoms with E-state index in [2.05, 4.69) is 9.97 Å². The molecule has 2 aromatic rings. The second-order valence-corrected chi connectivity index (χ2v) is 4.17. The van der Waals surface area contributed by atoms with Crippen LogP contribution in [-0.2, 0) is 6.18 Å². The predicted octanol–water partition coefficient (Wildman–Crippen LogP) is 3.88. The number of hydrogen-bond acceptors (Lipinski definition) is 3. The molecule has 0 radical (unpaired) electrons. The fourth-order valence-electron chi connectivity index (χ4n) is 1.11. The highest BCUT2D eigenvalue weighted by Crippen LogP contribution is 2.32. The van der Waals surface area contributed by atoms with Gasteiger partial charge in [-0.2, -0.15) is 13.2 Å². The molecule has 0 aliphatic heterocycles. The maximum Gasteiger partial charge on any atom is 0.433 e. The topological polar surface area (TPSA) is 25.8 Å². The monoisotopic (exact) mass is 264 g/mol. The van der Waals surface area contributed by atoms with Crippen LogP contribution in [0.15, 0.2) is 23.6 Å². The van der Waals surface area contributed by atoms with Crippen molar-refractivity contribution in [2.75, 3.05) is 0 Å². The quantitative estimate of drug-likeness (QED) is 0.731. The zero-order chi connectivity index (χ0) is 11.8. The van der Waals surface area contributed by atoms with Crippen molar-refractivity contribution in [3.63, 3.8) is 0 Å². The molecule has 0 aromatic carbocycles. The first-order valence-electron chi connectivity index (χ1n) is 4.12. The summed E-state index contributed by atoms with van der Waals surface area (Å²) < 4.78 is 37.3. The minimum absolute atomic E-state index is 0.183. The fraction of sp³-hybridized carbons (Fsp3) is 0.111. The number of aromatic nitrogens is 2. The minimum atomic E-state index is -4.52. The largest absolute Gasteiger partial charge is 0.433 e. The van der Waals surface area contributed by atoms with Gasteiger partial charge in [0.05, 0.1) is 10.6 Å². The molecule has 0 N–H and O–H groups in total. The fourth-order valence-corrected chi connectivity index (χ4v) is 1.98. The Bertz CT molecular complexity index is 496. The number of thiophene rings is 1. The highest BCUT2D eigenvalue weighted by atomic mass is 35.5. The average molecular weight is 265 g/mol. The van der Waals surface area contributed by atoms with Crippen LogP contribution >= 0.6 is 22.9 Å². The van der Waals surface area contributed by atoms with Crippen molar-refractivity contribution in [3.05, 3.63) is 34.6 Å². The molecule has 0 fully saturated rings. The van der Waals surface area contributed by atoms with Crippen LogP contribution in [0.25, 0.3) is 10.6 Å². The van der Waals surface area contributed by atoms with Gasteiger partial charge in [-0.1, -0.05) is 6.07 Å². The van der Waals surface area contributed by atoms with Crippen LogP contribution in [0.2, 0.25) is 5.28 Å². The van der Waals surface area contributed by atoms with E-state index in [0.29, 0.717) is 4.88 Å². The Balaban J connectivity index is 2.53. The molecule has 2 nitrogen and oxygen atoms in total. The molecule has 2 heterocycles. The van der Waals surface area contributed by atoms with E-state index in [1.807, 2.05) is 0 Å². The smallest absolute Gasteiger partial charge is 0.217 e. The van der Waals surface area contributed by atoms with Gasteiger partial charge in [-0.3, -0.25) is 0 Å². The van der Waals surface area contributed by atoms with Gasteiger partial charge in [0.15, 0.2) is 0 Å². The summed E-state index contributed by atoms with van der Waals surface area (Å²) in [6.07, 6.45) is -4.52. The van der Waals surface area contributed by atoms with E-state index in [1.165, 1.54) is 11.3 Å². The summed E-state index contributed by atoms with van der Waals surface area (Å²) in [5.74, 6) is 0. The molecular formula is C9H4ClF3N2S. The third-order valence-electron chi connectivity index (χ3n) is 1.76. The van der Waals surface area contributed by atoms with Crippen LogP contribution in [0.5, 0.6) is 0 Å². The Morgan fingerprint density at radius 1 is 1.25 bits per heavy atom. The van der Waals surface area contributed by atoms with Gasteiger partial charge in [0.25, 0.3) is 0 Å². The van der Waals surface area contributed by atoms with Gasteiger partial charge in [-0.25, -0.2) is 9.97 Å². The van der Waals surface area contributed by atoms with Crippen molar-refractivity contribution in [3.8, 4) is 10.6 Å². The van der Waals surface area contributed by atoms with Crippen molar-refractivity contribution in [2.24, 2.45) is 0 Å². The Kier molecular flexibility index (Phi) is 2.86. The Hall–Kier alpha value is -1.14. The second kappa shape index (κ2) is 4.03. The molecule has 0 bridgehead atoms. The summed E-state index contributed by atoms with van der Waals surface area (Å²) in [4.78, 5) is 7.52. The van der Waals surface area contributed by atoms with E-state index in [1.54, 1.807) is 17.5 Å². The summed E-state index contributed by atoms with van der Waals surface area (Å²) in [6, 6.07) is 4.28. The number of rotatable bonds is 1. The van der Waals surface area contributed by atoms with Gasteiger partial charge >= 0.3 is 6.18 Å². The van der Waals surface area contributed by atoms with E-state index in [4.69, 9.17) is 11.6 Å². The van der Waals surface area contributed by atoms with Gasteiger partial charge in [-0.15, -0.1) is 11.3 Å². The maximum atomic E-state index is 12.4. The zero-order valence-electron chi connectivity index (χ0n) is 7.62. The van der Waals surface area contributed by atoms with Crippen LogP contribution in [0.1, 0.15) is 5.69 Å². The van der Waals surface area contributed by atoms with Crippen molar-refractivity contribution in [1.82, 2.24) is 9.97 Å². The lowest BCUT2D eigenvalue weighted by Gasteiger charge is -2.06. The Morgan fingerprint density at radius 3 is 2.56 bits per heavy atom. The van der Waals surface area contributed by atoms with E-state index in [-0.39, 0.29) is 5.69 Å². The van der Waals surface area contributed by atoms with Crippen molar-refractivity contribution < 1.29 is 13.2 Å². The third kappa shape index (κ3) is 2.33. The highest BCUT2D eigenvalue weighted by Gasteiger charge is 2.33. The lowest BCUT2D eigenvalue weighted by Crippen LogP contribution is -2.09. The maximum absolute atomic E-state index is 12.4. The summed E-state index contributed by atoms with van der Waals surface area (Å²) in [6.45, 7) is 0. The molecule has 0 aliphatic carbocycles. The summed E-state index contributed by atoms with van der Waals surface area (Å²) in [5, 5.41) is 1.34. The van der Waals surface area contributed by atoms with Crippen molar-refractivity contribution >= 4 is 22.9 Å². The Labute approximate surface area is 97.7 Å². The predicted molar refractivity (Wildman–Crippen MR) is 55.4 cm³/mol. The molecule has 0 amide bonds. The van der Waals surface area contributed by atoms with Crippen LogP contribution in [0.3, 0.4) is 0 Å². The van der Waals surface area contributed by atoms with Gasteiger partial charge in [0.2, 0.25) is 5.28 Å². The van der Waals surface area contributed by atoms with Gasteiger partial charge in [0, 0.05) is 0 Å². The van der Waals surface area contributed by atoms with Crippen LogP contribution < -0.4 is 0 Å². The molecule has 0 spiro atoms. The standard InChI is InChI=1S/C9H4ClF3N2S/c10-8-14-5(6-2-1-3-16-6)4-7(15-8)9(11,12)13/h1-4H. The van der Waals surface area contributed by atoms with Gasteiger partial charge in [0.1, 0.15) is 5.69 Å². The molecule has 0 atom stereocenters. The molecule has 84 valence electrons. The van der Waals surface area contributed by atoms with Crippen LogP contribution in [0.4, 0.5) is 13.2 Å². The second-order valence-electron chi connectivity index (χ2n) is 2.88. The van der Waals surface area contributed by atoms with Gasteiger partial charge in [-0.05, 0) is 29.1 Å². The molecule has 0 saturated carbocycles. The van der Waals surface area contributed by atoms with Gasteiger partial charge < -0.3 is 0 Å². The molecule has 0 saturated heterocycles. The molecule has 0 aliphatic rings. The number of hydrogen-bond donors (Lipinski definition) is 0. The first-order valence-corrected chi connectivity index (χ1v) is 5.38. The van der Waals surface area contributed by atoms with Crippen molar-refractivity contribution in [1.29, 1.82) is 0 Å². The number of halogens is 4. The van der Waals surface area contributed by atoms with E-state index >= 15 is 0 Å². The van der Waals surface area contributed by atoms with E-state index in [0.717, 1.165) is 6.07 Å². The van der Waals surface area contributed by atoms with E-state index < -0.39 is 17.2 Å². The number of alkyl halides is 3. The van der Waals surface area contributed by atoms with E-state index in [9.17, 15) is 13.2 Å². The molecule has 16 heavy (non-hydrogen) atoms. The number of nitrogens with zero attached hydrogens (tertiary/aromatic N) is 2. The third-order valence-corrected chi connectivity index (χ3v) is 2.82. The molecule has 7 heteroatoms. The summed E-state index contributed by atoms with van der Waals surface area (Å²) >= 11 is 6.74. The normalized spacial score (nSPS) is 11.8. The first-order chi connectivity index (χ1) is 7.47. The highest BCUT2D eigenvalue weighted by molar-refractivity contribution is 7.13. The first kappa shape index (κ1) is 11.3.